The lowest BCUT2D eigenvalue weighted by molar-refractivity contribution is -0.151. The molecule has 86 valence electrons. The van der Waals surface area contributed by atoms with Crippen molar-refractivity contribution in [1.29, 1.82) is 0 Å². The van der Waals surface area contributed by atoms with Gasteiger partial charge in [-0.3, -0.25) is 4.79 Å². The topological polar surface area (TPSA) is 54.4 Å². The Kier molecular flexibility index (Phi) is 4.79. The Bertz CT molecular complexity index is 235. The van der Waals surface area contributed by atoms with E-state index in [1.54, 1.807) is 0 Å². The molecular formula is C12H20O3. The van der Waals surface area contributed by atoms with Crippen molar-refractivity contribution in [2.45, 2.75) is 51.9 Å². The van der Waals surface area contributed by atoms with E-state index < -0.39 is 11.8 Å². The lowest BCUT2D eigenvalue weighted by atomic mass is 9.88. The van der Waals surface area contributed by atoms with E-state index in [0.717, 1.165) is 32.1 Å². The molecule has 0 radical (unpaired) electrons. The van der Waals surface area contributed by atoms with Crippen LogP contribution < -0.4 is 0 Å². The maximum absolute atomic E-state index is 11.4. The van der Waals surface area contributed by atoms with Crippen LogP contribution in [-0.2, 0) is 9.59 Å². The molecule has 1 aliphatic carbocycles. The van der Waals surface area contributed by atoms with Crippen LogP contribution in [0.15, 0.2) is 0 Å². The molecule has 0 aromatic rings. The summed E-state index contributed by atoms with van der Waals surface area (Å²) in [5, 5.41) is 8.68. The molecule has 3 nitrogen and oxygen atoms in total. The van der Waals surface area contributed by atoms with Crippen LogP contribution in [0.1, 0.15) is 51.9 Å². The van der Waals surface area contributed by atoms with Crippen LogP contribution in [0.25, 0.3) is 0 Å². The van der Waals surface area contributed by atoms with E-state index in [9.17, 15) is 9.59 Å². The highest BCUT2D eigenvalue weighted by molar-refractivity contribution is 6.33. The number of carbonyl (C=O) groups is 2. The number of carboxylic acids is 1. The molecule has 3 heteroatoms. The van der Waals surface area contributed by atoms with Crippen LogP contribution in [0.5, 0.6) is 0 Å². The smallest absolute Gasteiger partial charge is 0.372 e. The van der Waals surface area contributed by atoms with E-state index in [2.05, 4.69) is 6.92 Å². The van der Waals surface area contributed by atoms with Gasteiger partial charge in [-0.05, 0) is 25.2 Å². The predicted octanol–water partition coefficient (Wildman–Crippen LogP) is 2.64. The zero-order chi connectivity index (χ0) is 11.3. The third-order valence-electron chi connectivity index (χ3n) is 3.39. The van der Waals surface area contributed by atoms with Crippen molar-refractivity contribution in [3.63, 3.8) is 0 Å². The Morgan fingerprint density at radius 2 is 2.00 bits per heavy atom. The van der Waals surface area contributed by atoms with Crippen LogP contribution >= 0.6 is 0 Å². The summed E-state index contributed by atoms with van der Waals surface area (Å²) in [7, 11) is 0. The monoisotopic (exact) mass is 212 g/mol. The molecule has 1 fully saturated rings. The highest BCUT2D eigenvalue weighted by Gasteiger charge is 2.35. The normalized spacial score (nSPS) is 25.4. The van der Waals surface area contributed by atoms with Gasteiger partial charge in [-0.1, -0.05) is 32.6 Å². The fourth-order valence-electron chi connectivity index (χ4n) is 2.54. The first-order chi connectivity index (χ1) is 7.16. The van der Waals surface area contributed by atoms with Gasteiger partial charge in [0.1, 0.15) is 0 Å². The molecule has 1 N–H and O–H groups in total. The third kappa shape index (κ3) is 3.33. The van der Waals surface area contributed by atoms with Gasteiger partial charge >= 0.3 is 5.97 Å². The number of Topliss-reactive ketones (excluding diaryl/α,β-unsaturated/α-hetero) is 1. The highest BCUT2D eigenvalue weighted by atomic mass is 16.4. The maximum atomic E-state index is 11.4. The van der Waals surface area contributed by atoms with E-state index in [0.29, 0.717) is 5.92 Å². The van der Waals surface area contributed by atoms with Gasteiger partial charge in [-0.2, -0.15) is 0 Å². The summed E-state index contributed by atoms with van der Waals surface area (Å²) in [4.78, 5) is 22.0. The van der Waals surface area contributed by atoms with Gasteiger partial charge in [-0.25, -0.2) is 4.79 Å². The second-order valence-corrected chi connectivity index (χ2v) is 4.46. The van der Waals surface area contributed by atoms with Crippen molar-refractivity contribution in [2.75, 3.05) is 0 Å². The van der Waals surface area contributed by atoms with Crippen molar-refractivity contribution in [3.8, 4) is 0 Å². The van der Waals surface area contributed by atoms with E-state index in [1.807, 2.05) is 0 Å². The van der Waals surface area contributed by atoms with Crippen molar-refractivity contribution in [1.82, 2.24) is 0 Å². The molecular weight excluding hydrogens is 192 g/mol. The van der Waals surface area contributed by atoms with Crippen LogP contribution in [-0.4, -0.2) is 16.9 Å². The summed E-state index contributed by atoms with van der Waals surface area (Å²) >= 11 is 0. The van der Waals surface area contributed by atoms with Crippen LogP contribution in [0.2, 0.25) is 0 Å². The molecule has 1 rings (SSSR count). The van der Waals surface area contributed by atoms with E-state index in [-0.39, 0.29) is 5.92 Å². The molecule has 15 heavy (non-hydrogen) atoms. The quantitative estimate of drug-likeness (QED) is 0.544. The van der Waals surface area contributed by atoms with Gasteiger partial charge < -0.3 is 5.11 Å². The summed E-state index contributed by atoms with van der Waals surface area (Å²) in [5.74, 6) is -1.67. The van der Waals surface area contributed by atoms with Gasteiger partial charge in [0.05, 0.1) is 0 Å². The summed E-state index contributed by atoms with van der Waals surface area (Å²) in [6.07, 6.45) is 7.34. The van der Waals surface area contributed by atoms with E-state index in [4.69, 9.17) is 5.11 Å². The fraction of sp³-hybridized carbons (Fsp3) is 0.833. The Balaban J connectivity index is 2.42. The Morgan fingerprint density at radius 1 is 1.27 bits per heavy atom. The van der Waals surface area contributed by atoms with Crippen molar-refractivity contribution >= 4 is 11.8 Å². The van der Waals surface area contributed by atoms with Gasteiger partial charge in [0.2, 0.25) is 5.78 Å². The number of rotatable bonds is 6. The molecule has 0 bridgehead atoms. The molecule has 2 atom stereocenters. The fourth-order valence-corrected chi connectivity index (χ4v) is 2.54. The molecule has 0 amide bonds. The minimum atomic E-state index is -1.25. The van der Waals surface area contributed by atoms with Gasteiger partial charge in [0.15, 0.2) is 0 Å². The number of unbranched alkanes of at least 4 members (excludes halogenated alkanes) is 2. The van der Waals surface area contributed by atoms with Gasteiger partial charge in [0.25, 0.3) is 0 Å². The van der Waals surface area contributed by atoms with Crippen LogP contribution in [0.3, 0.4) is 0 Å². The summed E-state index contributed by atoms with van der Waals surface area (Å²) in [6.45, 7) is 2.15. The molecule has 2 unspecified atom stereocenters. The third-order valence-corrected chi connectivity index (χ3v) is 3.39. The first kappa shape index (κ1) is 12.2. The summed E-state index contributed by atoms with van der Waals surface area (Å²) in [5.41, 5.74) is 0. The first-order valence-electron chi connectivity index (χ1n) is 5.94. The largest absolute Gasteiger partial charge is 0.475 e. The number of carbonyl (C=O) groups excluding carboxylic acids is 1. The molecule has 0 saturated heterocycles. The average Bonchev–Trinajstić information content (AvgIpc) is 2.65. The number of aliphatic carboxylic acids is 1. The van der Waals surface area contributed by atoms with Crippen molar-refractivity contribution in [2.24, 2.45) is 11.8 Å². The minimum absolute atomic E-state index is 0.195. The number of ketones is 1. The predicted molar refractivity (Wildman–Crippen MR) is 57.6 cm³/mol. The summed E-state index contributed by atoms with van der Waals surface area (Å²) < 4.78 is 0. The van der Waals surface area contributed by atoms with E-state index in [1.165, 1.54) is 12.8 Å². The number of hydrogen-bond donors (Lipinski definition) is 1. The standard InChI is InChI=1S/C12H20O3/c1-2-3-4-6-9-7-5-8-10(9)11(13)12(14)15/h9-10H,2-8H2,1H3,(H,14,15). The summed E-state index contributed by atoms with van der Waals surface area (Å²) in [6, 6.07) is 0. The second kappa shape index (κ2) is 5.89. The van der Waals surface area contributed by atoms with Crippen LogP contribution in [0.4, 0.5) is 0 Å². The van der Waals surface area contributed by atoms with Crippen molar-refractivity contribution in [3.05, 3.63) is 0 Å². The molecule has 0 aromatic carbocycles. The lowest BCUT2D eigenvalue weighted by Gasteiger charge is -2.16. The minimum Gasteiger partial charge on any atom is -0.475 e. The second-order valence-electron chi connectivity index (χ2n) is 4.46. The Morgan fingerprint density at radius 3 is 2.60 bits per heavy atom. The molecule has 0 aromatic heterocycles. The molecule has 1 aliphatic rings. The molecule has 1 saturated carbocycles. The number of carboxylic acid groups (broad SMARTS) is 1. The Hall–Kier alpha value is -0.860. The van der Waals surface area contributed by atoms with Gasteiger partial charge in [-0.15, -0.1) is 0 Å². The van der Waals surface area contributed by atoms with E-state index >= 15 is 0 Å². The number of hydrogen-bond acceptors (Lipinski definition) is 2. The first-order valence-corrected chi connectivity index (χ1v) is 5.94. The zero-order valence-corrected chi connectivity index (χ0v) is 9.37. The Labute approximate surface area is 90.9 Å². The highest BCUT2D eigenvalue weighted by Crippen LogP contribution is 2.35. The van der Waals surface area contributed by atoms with Gasteiger partial charge in [0, 0.05) is 5.92 Å². The molecule has 0 heterocycles. The SMILES string of the molecule is CCCCCC1CCCC1C(=O)C(=O)O. The maximum Gasteiger partial charge on any atom is 0.372 e. The lowest BCUT2D eigenvalue weighted by Crippen LogP contribution is -2.26. The molecule has 0 spiro atoms. The zero-order valence-electron chi connectivity index (χ0n) is 9.37. The van der Waals surface area contributed by atoms with Crippen LogP contribution in [0, 0.1) is 11.8 Å². The average molecular weight is 212 g/mol. The van der Waals surface area contributed by atoms with Crippen molar-refractivity contribution < 1.29 is 14.7 Å². The molecule has 0 aliphatic heterocycles.